The zero-order valence-electron chi connectivity index (χ0n) is 9.48. The van der Waals surface area contributed by atoms with Crippen LogP contribution in [0.15, 0.2) is 10.9 Å². The first-order valence-corrected chi connectivity index (χ1v) is 7.02. The van der Waals surface area contributed by atoms with Crippen LogP contribution in [0.5, 0.6) is 0 Å². The molecule has 0 spiro atoms. The van der Waals surface area contributed by atoms with Gasteiger partial charge in [-0.15, -0.1) is 28.3 Å². The second kappa shape index (κ2) is 4.08. The van der Waals surface area contributed by atoms with Crippen molar-refractivity contribution in [2.75, 3.05) is 11.9 Å². The standard InChI is InChI=1S/C10H10Cl2N4OS/c1-5-2-7(17)16-9(14-5)18-8(15-16)13-4-6-3-10(6,11)12/h2,6H,3-4H2,1H3,(H,13,15). The Hall–Kier alpha value is -0.850. The van der Waals surface area contributed by atoms with Gasteiger partial charge in [0.15, 0.2) is 0 Å². The molecule has 1 aliphatic rings. The van der Waals surface area contributed by atoms with Crippen LogP contribution in [0.3, 0.4) is 0 Å². The van der Waals surface area contributed by atoms with E-state index in [4.69, 9.17) is 23.2 Å². The SMILES string of the molecule is Cc1cc(=O)n2nc(NCC3CC3(Cl)Cl)sc2n1. The number of nitrogens with zero attached hydrogens (tertiary/aromatic N) is 3. The Bertz CT molecular complexity index is 665. The minimum absolute atomic E-state index is 0.169. The molecule has 0 radical (unpaired) electrons. The van der Waals surface area contributed by atoms with Crippen LogP contribution in [-0.4, -0.2) is 25.5 Å². The van der Waals surface area contributed by atoms with Crippen LogP contribution in [0.25, 0.3) is 4.96 Å². The Morgan fingerprint density at radius 2 is 2.39 bits per heavy atom. The van der Waals surface area contributed by atoms with E-state index in [1.807, 2.05) is 0 Å². The summed E-state index contributed by atoms with van der Waals surface area (Å²) in [6.07, 6.45) is 0.783. The van der Waals surface area contributed by atoms with Crippen LogP contribution in [0, 0.1) is 12.8 Å². The number of aryl methyl sites for hydroxylation is 1. The topological polar surface area (TPSA) is 59.3 Å². The third-order valence-corrected chi connectivity index (χ3v) is 4.62. The quantitative estimate of drug-likeness (QED) is 0.882. The van der Waals surface area contributed by atoms with Gasteiger partial charge in [0.05, 0.1) is 0 Å². The Morgan fingerprint density at radius 3 is 3.06 bits per heavy atom. The summed E-state index contributed by atoms with van der Waals surface area (Å²) < 4.78 is 0.691. The van der Waals surface area contributed by atoms with Crippen molar-refractivity contribution in [1.82, 2.24) is 14.6 Å². The molecule has 0 aliphatic heterocycles. The Balaban J connectivity index is 1.81. The van der Waals surface area contributed by atoms with Gasteiger partial charge in [0.1, 0.15) is 4.33 Å². The lowest BCUT2D eigenvalue weighted by atomic mass is 10.4. The number of halogens is 2. The molecule has 0 bridgehead atoms. The molecule has 1 unspecified atom stereocenters. The van der Waals surface area contributed by atoms with Gasteiger partial charge in [-0.25, -0.2) is 4.98 Å². The van der Waals surface area contributed by atoms with E-state index in [9.17, 15) is 4.79 Å². The number of aromatic nitrogens is 3. The van der Waals surface area contributed by atoms with Crippen LogP contribution in [0.2, 0.25) is 0 Å². The fourth-order valence-electron chi connectivity index (χ4n) is 1.69. The summed E-state index contributed by atoms with van der Waals surface area (Å²) in [5.74, 6) is 0.235. The summed E-state index contributed by atoms with van der Waals surface area (Å²) in [5.41, 5.74) is 0.523. The molecular weight excluding hydrogens is 295 g/mol. The first-order valence-electron chi connectivity index (χ1n) is 5.45. The van der Waals surface area contributed by atoms with Crippen molar-refractivity contribution in [3.63, 3.8) is 0 Å². The highest BCUT2D eigenvalue weighted by molar-refractivity contribution is 7.20. The lowest BCUT2D eigenvalue weighted by Crippen LogP contribution is -2.15. The second-order valence-electron chi connectivity index (χ2n) is 4.38. The molecule has 2 aromatic heterocycles. The van der Waals surface area contributed by atoms with E-state index in [-0.39, 0.29) is 11.5 Å². The van der Waals surface area contributed by atoms with Gasteiger partial charge in [-0.2, -0.15) is 4.52 Å². The third-order valence-electron chi connectivity index (χ3n) is 2.83. The Morgan fingerprint density at radius 1 is 1.67 bits per heavy atom. The van der Waals surface area contributed by atoms with Crippen LogP contribution < -0.4 is 10.9 Å². The van der Waals surface area contributed by atoms with E-state index in [1.54, 1.807) is 6.92 Å². The monoisotopic (exact) mass is 304 g/mol. The average molecular weight is 305 g/mol. The summed E-state index contributed by atoms with van der Waals surface area (Å²) in [6, 6.07) is 1.46. The van der Waals surface area contributed by atoms with E-state index >= 15 is 0 Å². The van der Waals surface area contributed by atoms with Gasteiger partial charge in [-0.1, -0.05) is 11.3 Å². The van der Waals surface area contributed by atoms with E-state index in [0.717, 1.165) is 6.42 Å². The average Bonchev–Trinajstić information content (AvgIpc) is 2.70. The second-order valence-corrected chi connectivity index (χ2v) is 6.88. The van der Waals surface area contributed by atoms with E-state index in [2.05, 4.69) is 15.4 Å². The maximum atomic E-state index is 11.7. The van der Waals surface area contributed by atoms with Crippen molar-refractivity contribution in [3.05, 3.63) is 22.1 Å². The summed E-state index contributed by atoms with van der Waals surface area (Å²) in [5, 5.41) is 7.95. The minimum Gasteiger partial charge on any atom is -0.360 e. The number of alkyl halides is 2. The van der Waals surface area contributed by atoms with Gasteiger partial charge in [0.25, 0.3) is 5.56 Å². The van der Waals surface area contributed by atoms with Gasteiger partial charge in [-0.3, -0.25) is 4.79 Å². The van der Waals surface area contributed by atoms with Crippen LogP contribution >= 0.6 is 34.5 Å². The molecule has 0 aromatic carbocycles. The van der Waals surface area contributed by atoms with Crippen molar-refractivity contribution in [2.24, 2.45) is 5.92 Å². The normalized spacial score (nSPS) is 21.2. The number of hydrogen-bond acceptors (Lipinski definition) is 5. The number of nitrogens with one attached hydrogen (secondary N) is 1. The Kier molecular flexibility index (Phi) is 2.76. The highest BCUT2D eigenvalue weighted by Crippen LogP contribution is 2.52. The minimum atomic E-state index is -0.602. The van der Waals surface area contributed by atoms with E-state index in [1.165, 1.54) is 21.9 Å². The van der Waals surface area contributed by atoms with Gasteiger partial charge < -0.3 is 5.32 Å². The largest absolute Gasteiger partial charge is 0.360 e. The molecule has 8 heteroatoms. The summed E-state index contributed by atoms with van der Waals surface area (Å²) >= 11 is 13.2. The molecule has 1 aliphatic carbocycles. The van der Waals surface area contributed by atoms with E-state index < -0.39 is 4.33 Å². The molecule has 2 aromatic rings. The number of anilines is 1. The van der Waals surface area contributed by atoms with Gasteiger partial charge in [0, 0.05) is 24.2 Å². The zero-order valence-corrected chi connectivity index (χ0v) is 11.8. The van der Waals surface area contributed by atoms with Crippen LogP contribution in [0.1, 0.15) is 12.1 Å². The summed E-state index contributed by atoms with van der Waals surface area (Å²) in [6.45, 7) is 2.44. The number of rotatable bonds is 3. The summed E-state index contributed by atoms with van der Waals surface area (Å²) in [4.78, 5) is 16.5. The summed E-state index contributed by atoms with van der Waals surface area (Å²) in [7, 11) is 0. The lowest BCUT2D eigenvalue weighted by Gasteiger charge is -2.00. The highest BCUT2D eigenvalue weighted by Gasteiger charge is 2.51. The zero-order chi connectivity index (χ0) is 12.9. The molecule has 5 nitrogen and oxygen atoms in total. The smallest absolute Gasteiger partial charge is 0.275 e. The van der Waals surface area contributed by atoms with Gasteiger partial charge >= 0.3 is 0 Å². The molecule has 2 heterocycles. The predicted octanol–water partition coefficient (Wildman–Crippen LogP) is 2.07. The fourth-order valence-corrected chi connectivity index (χ4v) is 3.08. The van der Waals surface area contributed by atoms with Crippen molar-refractivity contribution in [1.29, 1.82) is 0 Å². The van der Waals surface area contributed by atoms with E-state index in [0.29, 0.717) is 22.3 Å². The molecule has 1 fully saturated rings. The number of fused-ring (bicyclic) bond motifs is 1. The Labute approximate surface area is 117 Å². The molecule has 0 saturated heterocycles. The molecule has 18 heavy (non-hydrogen) atoms. The lowest BCUT2D eigenvalue weighted by molar-refractivity contribution is 0.849. The molecule has 96 valence electrons. The van der Waals surface area contributed by atoms with Gasteiger partial charge in [-0.05, 0) is 13.3 Å². The maximum absolute atomic E-state index is 11.7. The first-order chi connectivity index (χ1) is 8.45. The van der Waals surface area contributed by atoms with Crippen molar-refractivity contribution in [2.45, 2.75) is 17.7 Å². The molecule has 0 amide bonds. The third kappa shape index (κ3) is 2.20. The van der Waals surface area contributed by atoms with Crippen LogP contribution in [0.4, 0.5) is 5.13 Å². The molecule has 3 rings (SSSR count). The van der Waals surface area contributed by atoms with Crippen LogP contribution in [-0.2, 0) is 0 Å². The predicted molar refractivity (Wildman–Crippen MR) is 72.9 cm³/mol. The fraction of sp³-hybridized carbons (Fsp3) is 0.500. The molecular formula is C10H10Cl2N4OS. The number of hydrogen-bond donors (Lipinski definition) is 1. The molecule has 1 atom stereocenters. The van der Waals surface area contributed by atoms with Crippen molar-refractivity contribution in [3.8, 4) is 0 Å². The highest BCUT2D eigenvalue weighted by atomic mass is 35.5. The van der Waals surface area contributed by atoms with Gasteiger partial charge in [0.2, 0.25) is 10.1 Å². The molecule has 1 N–H and O–H groups in total. The maximum Gasteiger partial charge on any atom is 0.275 e. The molecule has 1 saturated carbocycles. The van der Waals surface area contributed by atoms with Crippen molar-refractivity contribution >= 4 is 44.6 Å². The first kappa shape index (κ1) is 12.2. The van der Waals surface area contributed by atoms with Crippen molar-refractivity contribution < 1.29 is 0 Å².